The van der Waals surface area contributed by atoms with Crippen LogP contribution in [0.25, 0.3) is 0 Å². The maximum Gasteiger partial charge on any atom is 0.417 e. The molecule has 0 radical (unpaired) electrons. The van der Waals surface area contributed by atoms with Crippen molar-refractivity contribution in [3.05, 3.63) is 29.3 Å². The third-order valence-corrected chi connectivity index (χ3v) is 3.81. The average molecular weight is 297 g/mol. The number of nitriles is 1. The highest BCUT2D eigenvalue weighted by molar-refractivity contribution is 5.55. The Bertz CT molecular complexity index is 532. The minimum Gasteiger partial charge on any atom is -0.371 e. The lowest BCUT2D eigenvalue weighted by Gasteiger charge is -2.34. The number of benzene rings is 1. The molecule has 1 aromatic carbocycles. The van der Waals surface area contributed by atoms with Crippen molar-refractivity contribution in [1.82, 2.24) is 5.32 Å². The third kappa shape index (κ3) is 3.67. The minimum atomic E-state index is -4.49. The van der Waals surface area contributed by atoms with Gasteiger partial charge in [0.1, 0.15) is 0 Å². The standard InChI is InChI=1S/C15H18F3N3/c1-20-9-11-3-2-6-21(10-11)13-4-5-14(15(16,17)18)12(7-13)8-19/h4-5,7,11,20H,2-3,6,9-10H2,1H3. The number of piperidine rings is 1. The lowest BCUT2D eigenvalue weighted by molar-refractivity contribution is -0.137. The molecular formula is C15H18F3N3. The zero-order valence-electron chi connectivity index (χ0n) is 11.9. The summed E-state index contributed by atoms with van der Waals surface area (Å²) in [6.07, 6.45) is -2.36. The van der Waals surface area contributed by atoms with E-state index in [2.05, 4.69) is 10.2 Å². The van der Waals surface area contributed by atoms with Crippen molar-refractivity contribution < 1.29 is 13.2 Å². The van der Waals surface area contributed by atoms with Crippen molar-refractivity contribution in [1.29, 1.82) is 5.26 Å². The van der Waals surface area contributed by atoms with Crippen LogP contribution in [-0.4, -0.2) is 26.7 Å². The van der Waals surface area contributed by atoms with E-state index in [0.29, 0.717) is 11.6 Å². The summed E-state index contributed by atoms with van der Waals surface area (Å²) in [6.45, 7) is 2.51. The van der Waals surface area contributed by atoms with Crippen molar-refractivity contribution in [2.45, 2.75) is 19.0 Å². The molecule has 6 heteroatoms. The monoisotopic (exact) mass is 297 g/mol. The Morgan fingerprint density at radius 1 is 1.43 bits per heavy atom. The summed E-state index contributed by atoms with van der Waals surface area (Å²) in [6, 6.07) is 5.48. The number of hydrogen-bond acceptors (Lipinski definition) is 3. The van der Waals surface area contributed by atoms with Gasteiger partial charge in [0.05, 0.1) is 17.2 Å². The quantitative estimate of drug-likeness (QED) is 0.932. The fourth-order valence-corrected chi connectivity index (χ4v) is 2.82. The number of halogens is 3. The second-order valence-corrected chi connectivity index (χ2v) is 5.35. The van der Waals surface area contributed by atoms with Crippen molar-refractivity contribution >= 4 is 5.69 Å². The molecular weight excluding hydrogens is 279 g/mol. The van der Waals surface area contributed by atoms with Gasteiger partial charge in [-0.2, -0.15) is 18.4 Å². The maximum atomic E-state index is 12.8. The first-order valence-corrected chi connectivity index (χ1v) is 6.96. The van der Waals surface area contributed by atoms with Crippen LogP contribution in [0.4, 0.5) is 18.9 Å². The van der Waals surface area contributed by atoms with Gasteiger partial charge in [-0.05, 0) is 50.6 Å². The highest BCUT2D eigenvalue weighted by atomic mass is 19.4. The second-order valence-electron chi connectivity index (χ2n) is 5.35. The molecule has 114 valence electrons. The normalized spacial score (nSPS) is 19.4. The molecule has 1 N–H and O–H groups in total. The SMILES string of the molecule is CNCC1CCCN(c2ccc(C(F)(F)F)c(C#N)c2)C1. The Morgan fingerprint density at radius 3 is 2.81 bits per heavy atom. The van der Waals surface area contributed by atoms with Crippen LogP contribution in [0.5, 0.6) is 0 Å². The largest absolute Gasteiger partial charge is 0.417 e. The predicted molar refractivity (Wildman–Crippen MR) is 75.0 cm³/mol. The summed E-state index contributed by atoms with van der Waals surface area (Å²) in [5, 5.41) is 12.1. The Kier molecular flexibility index (Phi) is 4.73. The van der Waals surface area contributed by atoms with E-state index in [1.165, 1.54) is 12.1 Å². The minimum absolute atomic E-state index is 0.310. The van der Waals surface area contributed by atoms with Gasteiger partial charge in [0.15, 0.2) is 0 Å². The van der Waals surface area contributed by atoms with E-state index in [-0.39, 0.29) is 5.56 Å². The summed E-state index contributed by atoms with van der Waals surface area (Å²) in [4.78, 5) is 2.06. The molecule has 21 heavy (non-hydrogen) atoms. The van der Waals surface area contributed by atoms with E-state index < -0.39 is 11.7 Å². The highest BCUT2D eigenvalue weighted by Crippen LogP contribution is 2.34. The van der Waals surface area contributed by atoms with Crippen LogP contribution in [0.3, 0.4) is 0 Å². The molecule has 1 aliphatic heterocycles. The molecule has 0 saturated carbocycles. The molecule has 1 aromatic rings. The van der Waals surface area contributed by atoms with E-state index in [1.54, 1.807) is 6.07 Å². The van der Waals surface area contributed by atoms with Gasteiger partial charge in [-0.15, -0.1) is 0 Å². The third-order valence-electron chi connectivity index (χ3n) is 3.81. The molecule has 2 rings (SSSR count). The number of hydrogen-bond donors (Lipinski definition) is 1. The molecule has 1 unspecified atom stereocenters. The molecule has 1 saturated heterocycles. The number of nitrogens with zero attached hydrogens (tertiary/aromatic N) is 2. The lowest BCUT2D eigenvalue weighted by atomic mass is 9.97. The van der Waals surface area contributed by atoms with E-state index >= 15 is 0 Å². The highest BCUT2D eigenvalue weighted by Gasteiger charge is 2.34. The van der Waals surface area contributed by atoms with Crippen LogP contribution in [0.15, 0.2) is 18.2 Å². The van der Waals surface area contributed by atoms with Crippen LogP contribution in [0.2, 0.25) is 0 Å². The first-order valence-electron chi connectivity index (χ1n) is 6.96. The van der Waals surface area contributed by atoms with Crippen LogP contribution in [-0.2, 0) is 6.18 Å². The zero-order valence-corrected chi connectivity index (χ0v) is 11.9. The van der Waals surface area contributed by atoms with Gasteiger partial charge in [0, 0.05) is 18.8 Å². The van der Waals surface area contributed by atoms with Gasteiger partial charge in [-0.1, -0.05) is 0 Å². The molecule has 3 nitrogen and oxygen atoms in total. The van der Waals surface area contributed by atoms with Crippen LogP contribution < -0.4 is 10.2 Å². The summed E-state index contributed by atoms with van der Waals surface area (Å²) < 4.78 is 38.4. The summed E-state index contributed by atoms with van der Waals surface area (Å²) >= 11 is 0. The molecule has 1 atom stereocenters. The number of anilines is 1. The zero-order chi connectivity index (χ0) is 15.5. The van der Waals surface area contributed by atoms with Gasteiger partial charge >= 0.3 is 6.18 Å². The smallest absolute Gasteiger partial charge is 0.371 e. The molecule has 0 aliphatic carbocycles. The van der Waals surface area contributed by atoms with E-state index in [0.717, 1.165) is 38.5 Å². The maximum absolute atomic E-state index is 12.8. The van der Waals surface area contributed by atoms with Crippen LogP contribution in [0, 0.1) is 17.2 Å². The fourth-order valence-electron chi connectivity index (χ4n) is 2.82. The molecule has 0 aromatic heterocycles. The Labute approximate surface area is 122 Å². The van der Waals surface area contributed by atoms with Gasteiger partial charge < -0.3 is 10.2 Å². The van der Waals surface area contributed by atoms with Gasteiger partial charge in [-0.25, -0.2) is 0 Å². The first-order chi connectivity index (χ1) is 9.95. The fraction of sp³-hybridized carbons (Fsp3) is 0.533. The van der Waals surface area contributed by atoms with Gasteiger partial charge in [-0.3, -0.25) is 0 Å². The van der Waals surface area contributed by atoms with Gasteiger partial charge in [0.2, 0.25) is 0 Å². The summed E-state index contributed by atoms with van der Waals surface area (Å²) in [5.74, 6) is 0.483. The molecule has 1 fully saturated rings. The van der Waals surface area contributed by atoms with Crippen molar-refractivity contribution in [2.75, 3.05) is 31.6 Å². The molecule has 1 aliphatic rings. The second kappa shape index (κ2) is 6.35. The van der Waals surface area contributed by atoms with E-state index in [4.69, 9.17) is 5.26 Å². The predicted octanol–water partition coefficient (Wildman–Crippen LogP) is 3.01. The van der Waals surface area contributed by atoms with E-state index in [1.807, 2.05) is 7.05 Å². The van der Waals surface area contributed by atoms with Crippen molar-refractivity contribution in [2.24, 2.45) is 5.92 Å². The Morgan fingerprint density at radius 2 is 2.19 bits per heavy atom. The molecule has 0 spiro atoms. The molecule has 0 amide bonds. The first kappa shape index (κ1) is 15.6. The number of alkyl halides is 3. The Hall–Kier alpha value is -1.74. The number of nitrogens with one attached hydrogen (secondary N) is 1. The Balaban J connectivity index is 2.23. The van der Waals surface area contributed by atoms with Crippen LogP contribution >= 0.6 is 0 Å². The van der Waals surface area contributed by atoms with Gasteiger partial charge in [0.25, 0.3) is 0 Å². The average Bonchev–Trinajstić information content (AvgIpc) is 2.46. The topological polar surface area (TPSA) is 39.1 Å². The molecule has 1 heterocycles. The van der Waals surface area contributed by atoms with Crippen molar-refractivity contribution in [3.8, 4) is 6.07 Å². The van der Waals surface area contributed by atoms with E-state index in [9.17, 15) is 13.2 Å². The van der Waals surface area contributed by atoms with Crippen LogP contribution in [0.1, 0.15) is 24.0 Å². The summed E-state index contributed by atoms with van der Waals surface area (Å²) in [5.41, 5.74) is -0.478. The van der Waals surface area contributed by atoms with Crippen molar-refractivity contribution in [3.63, 3.8) is 0 Å². The lowest BCUT2D eigenvalue weighted by Crippen LogP contribution is -2.39. The summed E-state index contributed by atoms with van der Waals surface area (Å²) in [7, 11) is 1.89. The molecule has 0 bridgehead atoms. The number of rotatable bonds is 3.